The summed E-state index contributed by atoms with van der Waals surface area (Å²) in [5, 5.41) is 0. The summed E-state index contributed by atoms with van der Waals surface area (Å²) in [5.74, 6) is 0.343. The second kappa shape index (κ2) is 3.98. The summed E-state index contributed by atoms with van der Waals surface area (Å²) in [7, 11) is 3.95. The van der Waals surface area contributed by atoms with E-state index >= 15 is 0 Å². The van der Waals surface area contributed by atoms with E-state index in [4.69, 9.17) is 0 Å². The minimum absolute atomic E-state index is 0.196. The molecule has 0 saturated heterocycles. The minimum Gasteiger partial charge on any atom is -0.383 e. The number of hydrogen-bond acceptors (Lipinski definition) is 2. The molecule has 3 rings (SSSR count). The molecule has 0 amide bonds. The topological polar surface area (TPSA) is 20.3 Å². The summed E-state index contributed by atoms with van der Waals surface area (Å²) in [6.45, 7) is 0. The minimum atomic E-state index is -0.196. The van der Waals surface area contributed by atoms with Crippen LogP contribution in [0, 0.1) is 0 Å². The lowest BCUT2D eigenvalue weighted by molar-refractivity contribution is -0.118. The van der Waals surface area contributed by atoms with Crippen LogP contribution in [0.2, 0.25) is 0 Å². The number of benzene rings is 1. The van der Waals surface area contributed by atoms with Gasteiger partial charge in [-0.25, -0.2) is 0 Å². The van der Waals surface area contributed by atoms with E-state index < -0.39 is 0 Å². The molecule has 0 atom stereocenters. The lowest BCUT2D eigenvalue weighted by Crippen LogP contribution is -2.28. The first-order chi connectivity index (χ1) is 8.65. The van der Waals surface area contributed by atoms with Crippen molar-refractivity contribution in [2.24, 2.45) is 0 Å². The van der Waals surface area contributed by atoms with Gasteiger partial charge in [0.05, 0.1) is 5.41 Å². The number of nitrogens with zero attached hydrogens (tertiary/aromatic N) is 1. The molecule has 94 valence electrons. The molecule has 0 bridgehead atoms. The van der Waals surface area contributed by atoms with Crippen LogP contribution >= 0.6 is 0 Å². The summed E-state index contributed by atoms with van der Waals surface area (Å²) in [4.78, 5) is 14.8. The Kier molecular flexibility index (Phi) is 2.54. The van der Waals surface area contributed by atoms with E-state index in [0.717, 1.165) is 24.0 Å². The fraction of sp³-hybridized carbons (Fsp3) is 0.438. The number of ketones is 1. The summed E-state index contributed by atoms with van der Waals surface area (Å²) in [6, 6.07) is 8.33. The van der Waals surface area contributed by atoms with Gasteiger partial charge in [0, 0.05) is 25.9 Å². The molecule has 1 spiro atoms. The molecule has 2 heteroatoms. The van der Waals surface area contributed by atoms with Gasteiger partial charge in [0.15, 0.2) is 5.78 Å². The molecule has 2 aliphatic carbocycles. The molecule has 0 radical (unpaired) electrons. The van der Waals surface area contributed by atoms with Gasteiger partial charge in [0.25, 0.3) is 0 Å². The van der Waals surface area contributed by atoms with Crippen LogP contribution < -0.4 is 0 Å². The largest absolute Gasteiger partial charge is 0.383 e. The van der Waals surface area contributed by atoms with Gasteiger partial charge in [0.1, 0.15) is 0 Å². The van der Waals surface area contributed by atoms with Crippen molar-refractivity contribution in [1.82, 2.24) is 4.90 Å². The Hall–Kier alpha value is -1.57. The first-order valence-electron chi connectivity index (χ1n) is 6.68. The van der Waals surface area contributed by atoms with Gasteiger partial charge >= 0.3 is 0 Å². The highest BCUT2D eigenvalue weighted by atomic mass is 16.1. The molecule has 2 aliphatic rings. The summed E-state index contributed by atoms with van der Waals surface area (Å²) >= 11 is 0. The molecule has 0 aromatic heterocycles. The van der Waals surface area contributed by atoms with Gasteiger partial charge in [-0.15, -0.1) is 0 Å². The molecule has 1 saturated carbocycles. The van der Waals surface area contributed by atoms with Gasteiger partial charge in [-0.1, -0.05) is 37.1 Å². The van der Waals surface area contributed by atoms with Crippen molar-refractivity contribution < 1.29 is 4.79 Å². The first-order valence-corrected chi connectivity index (χ1v) is 6.68. The number of allylic oxidation sites excluding steroid dienone is 1. The van der Waals surface area contributed by atoms with Gasteiger partial charge in [-0.3, -0.25) is 4.79 Å². The highest BCUT2D eigenvalue weighted by molar-refractivity contribution is 6.29. The van der Waals surface area contributed by atoms with Crippen molar-refractivity contribution in [3.8, 4) is 0 Å². The third-order valence-corrected chi connectivity index (χ3v) is 4.26. The molecule has 1 aromatic carbocycles. The predicted molar refractivity (Wildman–Crippen MR) is 73.3 cm³/mol. The summed E-state index contributed by atoms with van der Waals surface area (Å²) in [6.07, 6.45) is 6.38. The van der Waals surface area contributed by atoms with E-state index in [1.807, 2.05) is 31.3 Å². The summed E-state index contributed by atoms with van der Waals surface area (Å²) in [5.41, 5.74) is 3.12. The maximum atomic E-state index is 12.8. The summed E-state index contributed by atoms with van der Waals surface area (Å²) < 4.78 is 0. The Morgan fingerprint density at radius 1 is 1.17 bits per heavy atom. The van der Waals surface area contributed by atoms with Gasteiger partial charge in [-0.05, 0) is 24.0 Å². The average Bonchev–Trinajstić information content (AvgIpc) is 2.92. The van der Waals surface area contributed by atoms with Crippen LogP contribution in [0.3, 0.4) is 0 Å². The molecule has 0 aliphatic heterocycles. The standard InChI is InChI=1S/C16H19NO/c1-17(2)11-13-12-7-3-4-8-14(12)16(15(13)18)9-5-6-10-16/h3-4,7-8,11H,5-6,9-10H2,1-2H3. The lowest BCUT2D eigenvalue weighted by Gasteiger charge is -2.21. The molecule has 18 heavy (non-hydrogen) atoms. The van der Waals surface area contributed by atoms with Crippen LogP contribution in [0.25, 0.3) is 5.57 Å². The van der Waals surface area contributed by atoms with E-state index in [-0.39, 0.29) is 5.41 Å². The molecule has 0 N–H and O–H groups in total. The van der Waals surface area contributed by atoms with E-state index in [2.05, 4.69) is 18.2 Å². The Labute approximate surface area is 108 Å². The highest BCUT2D eigenvalue weighted by Crippen LogP contribution is 2.51. The fourth-order valence-electron chi connectivity index (χ4n) is 3.50. The normalized spacial score (nSPS) is 22.8. The molecule has 0 heterocycles. The molecule has 1 fully saturated rings. The number of carbonyl (C=O) groups is 1. The number of rotatable bonds is 1. The fourth-order valence-corrected chi connectivity index (χ4v) is 3.50. The Balaban J connectivity index is 2.20. The molecule has 1 aromatic rings. The zero-order chi connectivity index (χ0) is 12.8. The maximum absolute atomic E-state index is 12.8. The SMILES string of the molecule is CN(C)C=C1C(=O)C2(CCCC2)c2ccccc21. The van der Waals surface area contributed by atoms with Gasteiger partial charge in [-0.2, -0.15) is 0 Å². The molecular formula is C16H19NO. The lowest BCUT2D eigenvalue weighted by atomic mass is 9.79. The maximum Gasteiger partial charge on any atom is 0.175 e. The van der Waals surface area contributed by atoms with Crippen molar-refractivity contribution >= 4 is 11.4 Å². The number of carbonyl (C=O) groups excluding carboxylic acids is 1. The zero-order valence-corrected chi connectivity index (χ0v) is 11.1. The van der Waals surface area contributed by atoms with Crippen LogP contribution in [0.1, 0.15) is 36.8 Å². The molecule has 2 nitrogen and oxygen atoms in total. The van der Waals surface area contributed by atoms with E-state index in [1.54, 1.807) is 0 Å². The third kappa shape index (κ3) is 1.45. The van der Waals surface area contributed by atoms with Crippen molar-refractivity contribution in [2.75, 3.05) is 14.1 Å². The second-order valence-corrected chi connectivity index (χ2v) is 5.67. The zero-order valence-electron chi connectivity index (χ0n) is 11.1. The van der Waals surface area contributed by atoms with Crippen LogP contribution in [0.5, 0.6) is 0 Å². The van der Waals surface area contributed by atoms with Crippen molar-refractivity contribution in [3.63, 3.8) is 0 Å². The van der Waals surface area contributed by atoms with Gasteiger partial charge in [0.2, 0.25) is 0 Å². The van der Waals surface area contributed by atoms with Crippen LogP contribution in [-0.4, -0.2) is 24.8 Å². The van der Waals surface area contributed by atoms with Crippen LogP contribution in [-0.2, 0) is 10.2 Å². The molecular weight excluding hydrogens is 222 g/mol. The number of fused-ring (bicyclic) bond motifs is 2. The highest BCUT2D eigenvalue weighted by Gasteiger charge is 2.50. The van der Waals surface area contributed by atoms with E-state index in [1.165, 1.54) is 18.4 Å². The smallest absolute Gasteiger partial charge is 0.175 e. The quantitative estimate of drug-likeness (QED) is 0.704. The Bertz CT molecular complexity index is 522. The van der Waals surface area contributed by atoms with Crippen molar-refractivity contribution in [1.29, 1.82) is 0 Å². The van der Waals surface area contributed by atoms with E-state index in [9.17, 15) is 4.79 Å². The van der Waals surface area contributed by atoms with Crippen LogP contribution in [0.15, 0.2) is 30.5 Å². The second-order valence-electron chi connectivity index (χ2n) is 5.67. The first kappa shape index (κ1) is 11.5. The van der Waals surface area contributed by atoms with E-state index in [0.29, 0.717) is 5.78 Å². The average molecular weight is 241 g/mol. The molecule has 0 unspecified atom stereocenters. The third-order valence-electron chi connectivity index (χ3n) is 4.26. The monoisotopic (exact) mass is 241 g/mol. The van der Waals surface area contributed by atoms with Crippen molar-refractivity contribution in [2.45, 2.75) is 31.1 Å². The van der Waals surface area contributed by atoms with Gasteiger partial charge < -0.3 is 4.90 Å². The number of hydrogen-bond donors (Lipinski definition) is 0. The Morgan fingerprint density at radius 2 is 1.83 bits per heavy atom. The Morgan fingerprint density at radius 3 is 2.50 bits per heavy atom. The van der Waals surface area contributed by atoms with Crippen molar-refractivity contribution in [3.05, 3.63) is 41.6 Å². The van der Waals surface area contributed by atoms with Crippen LogP contribution in [0.4, 0.5) is 0 Å². The number of Topliss-reactive ketones (excluding diaryl/α,β-unsaturated/α-hetero) is 1. The predicted octanol–water partition coefficient (Wildman–Crippen LogP) is 2.98.